The molecule has 21 heavy (non-hydrogen) atoms. The van der Waals surface area contributed by atoms with Crippen LogP contribution < -0.4 is 0 Å². The first-order valence-corrected chi connectivity index (χ1v) is 8.33. The van der Waals surface area contributed by atoms with Gasteiger partial charge in [-0.2, -0.15) is 0 Å². The van der Waals surface area contributed by atoms with E-state index in [1.807, 2.05) is 6.07 Å². The van der Waals surface area contributed by atoms with Crippen molar-refractivity contribution >= 4 is 51.2 Å². The van der Waals surface area contributed by atoms with Crippen LogP contribution in [0.1, 0.15) is 32.1 Å². The number of aryl methyl sites for hydroxylation is 2. The van der Waals surface area contributed by atoms with Crippen LogP contribution in [0.2, 0.25) is 10.0 Å². The number of thiophene rings is 1. The Kier molecular flexibility index (Phi) is 3.10. The van der Waals surface area contributed by atoms with Gasteiger partial charge in [-0.25, -0.2) is 0 Å². The molecule has 4 rings (SSSR count). The molecule has 2 aromatic heterocycles. The Bertz CT molecular complexity index is 856. The lowest BCUT2D eigenvalue weighted by Crippen LogP contribution is -1.97. The number of rotatable bonds is 2. The Hall–Kier alpha value is -1.29. The van der Waals surface area contributed by atoms with Gasteiger partial charge in [0.2, 0.25) is 5.78 Å². The van der Waals surface area contributed by atoms with Gasteiger partial charge in [0.25, 0.3) is 0 Å². The van der Waals surface area contributed by atoms with Crippen molar-refractivity contribution in [3.8, 4) is 0 Å². The zero-order valence-corrected chi connectivity index (χ0v) is 13.3. The molecule has 3 aromatic rings. The van der Waals surface area contributed by atoms with E-state index in [0.717, 1.165) is 28.6 Å². The summed E-state index contributed by atoms with van der Waals surface area (Å²) in [4.78, 5) is 18.0. The van der Waals surface area contributed by atoms with Crippen LogP contribution in [0.15, 0.2) is 24.4 Å². The largest absolute Gasteiger partial charge is 0.360 e. The van der Waals surface area contributed by atoms with Crippen molar-refractivity contribution in [1.82, 2.24) is 4.98 Å². The summed E-state index contributed by atoms with van der Waals surface area (Å²) in [5.41, 5.74) is 2.74. The maximum absolute atomic E-state index is 12.8. The second kappa shape index (κ2) is 4.87. The molecular formula is C16H11Cl2NOS. The molecule has 1 aromatic carbocycles. The lowest BCUT2D eigenvalue weighted by atomic mass is 10.1. The van der Waals surface area contributed by atoms with Crippen molar-refractivity contribution in [2.24, 2.45) is 0 Å². The number of aromatic amines is 1. The normalized spacial score (nSPS) is 13.8. The van der Waals surface area contributed by atoms with Crippen LogP contribution in [-0.2, 0) is 12.8 Å². The van der Waals surface area contributed by atoms with Gasteiger partial charge < -0.3 is 4.98 Å². The van der Waals surface area contributed by atoms with Crippen molar-refractivity contribution in [3.63, 3.8) is 0 Å². The Morgan fingerprint density at radius 1 is 1.19 bits per heavy atom. The minimum Gasteiger partial charge on any atom is -0.360 e. The number of nitrogens with one attached hydrogen (secondary N) is 1. The van der Waals surface area contributed by atoms with Gasteiger partial charge in [-0.05, 0) is 43.0 Å². The van der Waals surface area contributed by atoms with Crippen LogP contribution >= 0.6 is 34.5 Å². The van der Waals surface area contributed by atoms with Crippen molar-refractivity contribution in [2.75, 3.05) is 0 Å². The van der Waals surface area contributed by atoms with Crippen LogP contribution in [0.5, 0.6) is 0 Å². The van der Waals surface area contributed by atoms with Gasteiger partial charge in [-0.15, -0.1) is 11.3 Å². The Balaban J connectivity index is 1.84. The summed E-state index contributed by atoms with van der Waals surface area (Å²) in [6.45, 7) is 0. The van der Waals surface area contributed by atoms with E-state index in [2.05, 4.69) is 4.98 Å². The SMILES string of the molecule is O=C(c1cc2c(s1)CCC2)c1c[nH]c2cc(Cl)cc(Cl)c12. The number of fused-ring (bicyclic) bond motifs is 2. The van der Waals surface area contributed by atoms with Crippen LogP contribution in [0.3, 0.4) is 0 Å². The average Bonchev–Trinajstić information content (AvgIpc) is 3.10. The number of benzene rings is 1. The summed E-state index contributed by atoms with van der Waals surface area (Å²) in [5.74, 6) is 0.0323. The van der Waals surface area contributed by atoms with E-state index >= 15 is 0 Å². The van der Waals surface area contributed by atoms with E-state index in [9.17, 15) is 4.79 Å². The number of hydrogen-bond donors (Lipinski definition) is 1. The number of hydrogen-bond acceptors (Lipinski definition) is 2. The zero-order chi connectivity index (χ0) is 14.6. The Morgan fingerprint density at radius 2 is 2.05 bits per heavy atom. The standard InChI is InChI=1S/C16H11Cl2NOS/c17-9-5-11(18)15-10(7-19-12(15)6-9)16(20)14-4-8-2-1-3-13(8)21-14/h4-7,19H,1-3H2. The molecule has 0 aliphatic heterocycles. The van der Waals surface area contributed by atoms with Crippen LogP contribution in [-0.4, -0.2) is 10.8 Å². The summed E-state index contributed by atoms with van der Waals surface area (Å²) >= 11 is 13.9. The highest BCUT2D eigenvalue weighted by atomic mass is 35.5. The van der Waals surface area contributed by atoms with Crippen LogP contribution in [0, 0.1) is 0 Å². The average molecular weight is 336 g/mol. The molecular weight excluding hydrogens is 325 g/mol. The molecule has 0 amide bonds. The molecule has 2 nitrogen and oxygen atoms in total. The van der Waals surface area contributed by atoms with Gasteiger partial charge in [0.1, 0.15) is 0 Å². The fourth-order valence-corrected chi connectivity index (χ4v) is 4.74. The fourth-order valence-electron chi connectivity index (χ4n) is 2.94. The van der Waals surface area contributed by atoms with E-state index in [4.69, 9.17) is 23.2 Å². The molecule has 0 atom stereocenters. The van der Waals surface area contributed by atoms with E-state index in [-0.39, 0.29) is 5.78 Å². The second-order valence-corrected chi connectivity index (χ2v) is 7.23. The highest BCUT2D eigenvalue weighted by Gasteiger charge is 2.22. The zero-order valence-electron chi connectivity index (χ0n) is 11.0. The van der Waals surface area contributed by atoms with Gasteiger partial charge in [0, 0.05) is 27.0 Å². The monoisotopic (exact) mass is 335 g/mol. The van der Waals surface area contributed by atoms with Crippen molar-refractivity contribution < 1.29 is 4.79 Å². The lowest BCUT2D eigenvalue weighted by Gasteiger charge is -2.00. The van der Waals surface area contributed by atoms with Gasteiger partial charge >= 0.3 is 0 Å². The van der Waals surface area contributed by atoms with Crippen LogP contribution in [0.4, 0.5) is 0 Å². The number of H-pyrrole nitrogens is 1. The van der Waals surface area contributed by atoms with Gasteiger partial charge in [0.05, 0.1) is 15.5 Å². The molecule has 106 valence electrons. The summed E-state index contributed by atoms with van der Waals surface area (Å²) in [6, 6.07) is 5.50. The van der Waals surface area contributed by atoms with Crippen LogP contribution in [0.25, 0.3) is 10.9 Å². The first-order valence-electron chi connectivity index (χ1n) is 6.76. The Morgan fingerprint density at radius 3 is 2.86 bits per heavy atom. The highest BCUT2D eigenvalue weighted by Crippen LogP contribution is 2.35. The first kappa shape index (κ1) is 13.4. The maximum atomic E-state index is 12.8. The summed E-state index contributed by atoms with van der Waals surface area (Å²) in [5, 5.41) is 1.81. The molecule has 0 fully saturated rings. The van der Waals surface area contributed by atoms with Gasteiger partial charge in [-0.3, -0.25) is 4.79 Å². The molecule has 1 aliphatic carbocycles. The van der Waals surface area contributed by atoms with Gasteiger partial charge in [-0.1, -0.05) is 23.2 Å². The third kappa shape index (κ3) is 2.11. The molecule has 1 N–H and O–H groups in total. The van der Waals surface area contributed by atoms with E-state index in [1.54, 1.807) is 29.7 Å². The molecule has 2 heterocycles. The quantitative estimate of drug-likeness (QED) is 0.637. The minimum atomic E-state index is 0.0323. The second-order valence-electron chi connectivity index (χ2n) is 5.25. The maximum Gasteiger partial charge on any atom is 0.205 e. The molecule has 0 saturated heterocycles. The predicted molar refractivity (Wildman–Crippen MR) is 88.1 cm³/mol. The summed E-state index contributed by atoms with van der Waals surface area (Å²) in [7, 11) is 0. The smallest absolute Gasteiger partial charge is 0.205 e. The van der Waals surface area contributed by atoms with Gasteiger partial charge in [0.15, 0.2) is 0 Å². The summed E-state index contributed by atoms with van der Waals surface area (Å²) < 4.78 is 0. The van der Waals surface area contributed by atoms with Crippen molar-refractivity contribution in [3.05, 3.63) is 55.3 Å². The third-order valence-electron chi connectivity index (χ3n) is 3.91. The van der Waals surface area contributed by atoms with Crippen molar-refractivity contribution in [1.29, 1.82) is 0 Å². The predicted octanol–water partition coefficient (Wildman–Crippen LogP) is 5.26. The minimum absolute atomic E-state index is 0.0323. The molecule has 0 saturated carbocycles. The van der Waals surface area contributed by atoms with E-state index < -0.39 is 0 Å². The molecule has 5 heteroatoms. The lowest BCUT2D eigenvalue weighted by molar-refractivity contribution is 0.104. The van der Waals surface area contributed by atoms with E-state index in [0.29, 0.717) is 15.6 Å². The van der Waals surface area contributed by atoms with E-state index in [1.165, 1.54) is 16.9 Å². The number of aromatic nitrogens is 1. The molecule has 0 unspecified atom stereocenters. The topological polar surface area (TPSA) is 32.9 Å². The third-order valence-corrected chi connectivity index (χ3v) is 5.66. The fraction of sp³-hybridized carbons (Fsp3) is 0.188. The highest BCUT2D eigenvalue weighted by molar-refractivity contribution is 7.14. The first-order chi connectivity index (χ1) is 10.1. The number of halogens is 2. The number of ketones is 1. The number of carbonyl (C=O) groups is 1. The summed E-state index contributed by atoms with van der Waals surface area (Å²) in [6.07, 6.45) is 5.11. The molecule has 0 spiro atoms. The number of carbonyl (C=O) groups excluding carboxylic acids is 1. The van der Waals surface area contributed by atoms with Crippen molar-refractivity contribution in [2.45, 2.75) is 19.3 Å². The molecule has 0 bridgehead atoms. The molecule has 0 radical (unpaired) electrons. The molecule has 1 aliphatic rings. The Labute approximate surface area is 135 Å².